The number of nitro benzene ring substituents is 1. The van der Waals surface area contributed by atoms with Crippen LogP contribution in [0.15, 0.2) is 35.7 Å². The molecule has 0 spiro atoms. The topological polar surface area (TPSA) is 111 Å². The Morgan fingerprint density at radius 2 is 1.91 bits per heavy atom. The molecule has 1 aliphatic heterocycles. The van der Waals surface area contributed by atoms with Gasteiger partial charge in [0.25, 0.3) is 5.69 Å². The number of Topliss-reactive ketones (excluding diaryl/α,β-unsaturated/α-hetero) is 1. The summed E-state index contributed by atoms with van der Waals surface area (Å²) >= 11 is 0. The Labute approximate surface area is 126 Å². The molecule has 8 nitrogen and oxygen atoms in total. The lowest BCUT2D eigenvalue weighted by molar-refractivity contribution is -0.384. The first-order valence-corrected chi connectivity index (χ1v) is 6.63. The first-order valence-electron chi connectivity index (χ1n) is 6.63. The van der Waals surface area contributed by atoms with Gasteiger partial charge in [0.1, 0.15) is 6.04 Å². The van der Waals surface area contributed by atoms with Crippen LogP contribution in [0.5, 0.6) is 0 Å². The fraction of sp³-hybridized carbons (Fsp3) is 0.286. The predicted octanol–water partition coefficient (Wildman–Crippen LogP) is 1.79. The minimum absolute atomic E-state index is 0.0865. The standard InChI is InChI=1S/C14H15N3O5/c1-3-22-13-8(2)12(18)11(15-14(19)16-13)9-4-6-10(7-5-9)17(20)21/h4-7,11H,3H2,1-2H3,(H2,15,16,19). The largest absolute Gasteiger partial charge is 0.479 e. The maximum atomic E-state index is 12.5. The Hall–Kier alpha value is -2.90. The van der Waals surface area contributed by atoms with Gasteiger partial charge >= 0.3 is 6.03 Å². The lowest BCUT2D eigenvalue weighted by Gasteiger charge is -2.14. The number of hydrogen-bond donors (Lipinski definition) is 2. The highest BCUT2D eigenvalue weighted by Crippen LogP contribution is 2.23. The molecule has 1 heterocycles. The van der Waals surface area contributed by atoms with Gasteiger partial charge in [-0.25, -0.2) is 4.79 Å². The zero-order valence-electron chi connectivity index (χ0n) is 12.1. The van der Waals surface area contributed by atoms with E-state index in [-0.39, 0.29) is 22.9 Å². The number of non-ortho nitro benzene ring substituents is 1. The fourth-order valence-electron chi connectivity index (χ4n) is 2.07. The average molecular weight is 305 g/mol. The van der Waals surface area contributed by atoms with Gasteiger partial charge < -0.3 is 10.1 Å². The second-order valence-electron chi connectivity index (χ2n) is 4.63. The average Bonchev–Trinajstić information content (AvgIpc) is 2.60. The molecule has 116 valence electrons. The molecule has 2 amide bonds. The van der Waals surface area contributed by atoms with Crippen molar-refractivity contribution in [2.24, 2.45) is 0 Å². The molecule has 0 aliphatic carbocycles. The quantitative estimate of drug-likeness (QED) is 0.650. The number of ketones is 1. The molecule has 1 aliphatic rings. The summed E-state index contributed by atoms with van der Waals surface area (Å²) in [7, 11) is 0. The van der Waals surface area contributed by atoms with Crippen LogP contribution < -0.4 is 10.6 Å². The number of carbonyl (C=O) groups is 2. The van der Waals surface area contributed by atoms with Gasteiger partial charge in [0.2, 0.25) is 5.88 Å². The summed E-state index contributed by atoms with van der Waals surface area (Å²) in [6.07, 6.45) is 0. The summed E-state index contributed by atoms with van der Waals surface area (Å²) < 4.78 is 5.25. The molecule has 2 N–H and O–H groups in total. The van der Waals surface area contributed by atoms with Crippen molar-refractivity contribution in [1.82, 2.24) is 10.6 Å². The van der Waals surface area contributed by atoms with Crippen molar-refractivity contribution in [2.45, 2.75) is 19.9 Å². The Morgan fingerprint density at radius 1 is 1.27 bits per heavy atom. The van der Waals surface area contributed by atoms with Gasteiger partial charge in [-0.3, -0.25) is 20.2 Å². The van der Waals surface area contributed by atoms with E-state index in [4.69, 9.17) is 4.74 Å². The number of urea groups is 1. The zero-order valence-corrected chi connectivity index (χ0v) is 12.1. The van der Waals surface area contributed by atoms with Crippen molar-refractivity contribution in [3.8, 4) is 0 Å². The van der Waals surface area contributed by atoms with E-state index >= 15 is 0 Å². The molecule has 0 radical (unpaired) electrons. The Kier molecular flexibility index (Phi) is 4.40. The lowest BCUT2D eigenvalue weighted by atomic mass is 9.98. The smallest absolute Gasteiger partial charge is 0.322 e. The van der Waals surface area contributed by atoms with Crippen LogP contribution >= 0.6 is 0 Å². The highest BCUT2D eigenvalue weighted by molar-refractivity contribution is 6.03. The second-order valence-corrected chi connectivity index (χ2v) is 4.63. The summed E-state index contributed by atoms with van der Waals surface area (Å²) in [5.41, 5.74) is 0.656. The van der Waals surface area contributed by atoms with Gasteiger partial charge in [0.15, 0.2) is 5.78 Å². The third kappa shape index (κ3) is 3.05. The van der Waals surface area contributed by atoms with E-state index in [9.17, 15) is 19.7 Å². The van der Waals surface area contributed by atoms with Crippen molar-refractivity contribution in [3.63, 3.8) is 0 Å². The zero-order chi connectivity index (χ0) is 16.3. The first kappa shape index (κ1) is 15.5. The Morgan fingerprint density at radius 3 is 2.45 bits per heavy atom. The Bertz CT molecular complexity index is 651. The van der Waals surface area contributed by atoms with Crippen LogP contribution in [0.4, 0.5) is 10.5 Å². The van der Waals surface area contributed by atoms with Crippen LogP contribution in [0.2, 0.25) is 0 Å². The number of amides is 2. The van der Waals surface area contributed by atoms with E-state index in [1.165, 1.54) is 24.3 Å². The molecule has 0 saturated carbocycles. The van der Waals surface area contributed by atoms with Gasteiger partial charge in [0.05, 0.1) is 17.1 Å². The van der Waals surface area contributed by atoms with E-state index in [1.54, 1.807) is 13.8 Å². The number of ether oxygens (including phenoxy) is 1. The number of nitrogens with zero attached hydrogens (tertiary/aromatic N) is 1. The van der Waals surface area contributed by atoms with E-state index in [0.717, 1.165) is 0 Å². The highest BCUT2D eigenvalue weighted by Gasteiger charge is 2.30. The molecule has 1 aromatic rings. The monoisotopic (exact) mass is 305 g/mol. The van der Waals surface area contributed by atoms with E-state index in [1.807, 2.05) is 0 Å². The van der Waals surface area contributed by atoms with Crippen molar-refractivity contribution in [3.05, 3.63) is 51.4 Å². The van der Waals surface area contributed by atoms with E-state index < -0.39 is 17.0 Å². The highest BCUT2D eigenvalue weighted by atomic mass is 16.6. The summed E-state index contributed by atoms with van der Waals surface area (Å²) in [4.78, 5) is 34.4. The minimum atomic E-state index is -0.918. The Balaban J connectivity index is 2.36. The third-order valence-corrected chi connectivity index (χ3v) is 3.20. The van der Waals surface area contributed by atoms with Crippen molar-refractivity contribution in [2.75, 3.05) is 6.61 Å². The van der Waals surface area contributed by atoms with Crippen LogP contribution in [0.1, 0.15) is 25.5 Å². The first-order chi connectivity index (χ1) is 10.4. The van der Waals surface area contributed by atoms with Crippen molar-refractivity contribution < 1.29 is 19.2 Å². The molecule has 1 atom stereocenters. The molecule has 22 heavy (non-hydrogen) atoms. The number of hydrogen-bond acceptors (Lipinski definition) is 5. The van der Waals surface area contributed by atoms with Crippen LogP contribution in [0.3, 0.4) is 0 Å². The third-order valence-electron chi connectivity index (χ3n) is 3.20. The number of rotatable bonds is 4. The van der Waals surface area contributed by atoms with Gasteiger partial charge in [-0.2, -0.15) is 0 Å². The molecule has 0 aromatic heterocycles. The summed E-state index contributed by atoms with van der Waals surface area (Å²) in [6, 6.07) is 3.97. The molecule has 8 heteroatoms. The maximum absolute atomic E-state index is 12.5. The van der Waals surface area contributed by atoms with Crippen LogP contribution in [-0.4, -0.2) is 23.3 Å². The normalized spacial score (nSPS) is 18.4. The minimum Gasteiger partial charge on any atom is -0.479 e. The fourth-order valence-corrected chi connectivity index (χ4v) is 2.07. The molecule has 1 aromatic carbocycles. The number of nitrogens with one attached hydrogen (secondary N) is 2. The van der Waals surface area contributed by atoms with Gasteiger partial charge in [-0.15, -0.1) is 0 Å². The van der Waals surface area contributed by atoms with Crippen LogP contribution in [0.25, 0.3) is 0 Å². The predicted molar refractivity (Wildman–Crippen MR) is 76.8 cm³/mol. The van der Waals surface area contributed by atoms with Gasteiger partial charge in [-0.05, 0) is 31.5 Å². The van der Waals surface area contributed by atoms with Crippen molar-refractivity contribution >= 4 is 17.5 Å². The van der Waals surface area contributed by atoms with E-state index in [0.29, 0.717) is 12.2 Å². The summed E-state index contributed by atoms with van der Waals surface area (Å²) in [6.45, 7) is 3.60. The molecular formula is C14H15N3O5. The van der Waals surface area contributed by atoms with Gasteiger partial charge in [0, 0.05) is 12.1 Å². The SMILES string of the molecule is CCOC1=C(C)C(=O)C(c2ccc([N+](=O)[O-])cc2)NC(=O)N1. The van der Waals surface area contributed by atoms with E-state index in [2.05, 4.69) is 10.6 Å². The molecule has 1 unspecified atom stereocenters. The number of nitro groups is 1. The van der Waals surface area contributed by atoms with Gasteiger partial charge in [-0.1, -0.05) is 0 Å². The molecule has 2 rings (SSSR count). The van der Waals surface area contributed by atoms with Crippen LogP contribution in [0, 0.1) is 10.1 Å². The number of carbonyl (C=O) groups excluding carboxylic acids is 2. The second kappa shape index (κ2) is 6.25. The summed E-state index contributed by atoms with van der Waals surface area (Å²) in [5, 5.41) is 15.7. The molecular weight excluding hydrogens is 290 g/mol. The molecule has 0 fully saturated rings. The number of benzene rings is 1. The molecule has 0 bridgehead atoms. The van der Waals surface area contributed by atoms with Crippen LogP contribution in [-0.2, 0) is 9.53 Å². The summed E-state index contributed by atoms with van der Waals surface area (Å²) in [5.74, 6) is -0.218. The maximum Gasteiger partial charge on any atom is 0.322 e. The molecule has 0 saturated heterocycles. The lowest BCUT2D eigenvalue weighted by Crippen LogP contribution is -2.37. The van der Waals surface area contributed by atoms with Crippen molar-refractivity contribution in [1.29, 1.82) is 0 Å².